The van der Waals surface area contributed by atoms with Gasteiger partial charge in [-0.15, -0.1) is 0 Å². The van der Waals surface area contributed by atoms with Crippen molar-refractivity contribution in [3.8, 4) is 5.75 Å². The van der Waals surface area contributed by atoms with E-state index in [0.717, 1.165) is 50.0 Å². The second-order valence-electron chi connectivity index (χ2n) is 11.0. The van der Waals surface area contributed by atoms with Gasteiger partial charge in [0, 0.05) is 35.7 Å². The van der Waals surface area contributed by atoms with Crippen molar-refractivity contribution in [2.75, 3.05) is 18.5 Å². The van der Waals surface area contributed by atoms with Gasteiger partial charge in [0.15, 0.2) is 0 Å². The minimum absolute atomic E-state index is 0.0302. The molecule has 0 aromatic heterocycles. The maximum Gasteiger partial charge on any atom is 0.243 e. The van der Waals surface area contributed by atoms with Gasteiger partial charge in [-0.05, 0) is 79.9 Å². The van der Waals surface area contributed by atoms with Crippen LogP contribution >= 0.6 is 0 Å². The predicted molar refractivity (Wildman–Crippen MR) is 129 cm³/mol. The van der Waals surface area contributed by atoms with E-state index in [0.29, 0.717) is 30.9 Å². The molecule has 0 radical (unpaired) electrons. The fraction of sp³-hybridized carbons (Fsp3) is 0.630. The molecule has 3 fully saturated rings. The Morgan fingerprint density at radius 1 is 1.18 bits per heavy atom. The first-order chi connectivity index (χ1) is 15.8. The Morgan fingerprint density at radius 3 is 2.85 bits per heavy atom. The van der Waals surface area contributed by atoms with Crippen molar-refractivity contribution < 1.29 is 14.3 Å². The van der Waals surface area contributed by atoms with Crippen molar-refractivity contribution >= 4 is 17.5 Å². The zero-order valence-corrected chi connectivity index (χ0v) is 19.8. The number of fused-ring (bicyclic) bond motifs is 5. The Balaban J connectivity index is 1.32. The van der Waals surface area contributed by atoms with Crippen molar-refractivity contribution in [1.29, 1.82) is 0 Å². The minimum Gasteiger partial charge on any atom is -0.492 e. The van der Waals surface area contributed by atoms with Crippen LogP contribution in [0.4, 0.5) is 5.69 Å². The largest absolute Gasteiger partial charge is 0.492 e. The van der Waals surface area contributed by atoms with Gasteiger partial charge in [-0.1, -0.05) is 26.0 Å². The summed E-state index contributed by atoms with van der Waals surface area (Å²) in [5.74, 6) is 2.71. The molecule has 4 N–H and O–H groups in total. The first kappa shape index (κ1) is 22.5. The number of ether oxygens (including phenoxy) is 1. The molecule has 1 aliphatic heterocycles. The Kier molecular flexibility index (Phi) is 5.76. The molecule has 5 rings (SSSR count). The standard InChI is InChI=1S/C27H37N3O3/c1-26-12-10-21-19(6-9-23-27(21,2)13-11-24(31)30-23)20(26)7-8-22(26)25(32)29-17-4-3-5-18(16-17)33-15-14-28/h3-5,11,13,16,19-23H,6-10,12,14-15,28H2,1-2H3,(H,29,32)(H,30,31)/t19-,20-,21-,22+,23+,26-,27+/m0/s1. The number of nitrogens with two attached hydrogens (primary N) is 1. The maximum atomic E-state index is 13.5. The summed E-state index contributed by atoms with van der Waals surface area (Å²) in [5.41, 5.74) is 6.38. The van der Waals surface area contributed by atoms with E-state index in [1.54, 1.807) is 6.08 Å². The van der Waals surface area contributed by atoms with Crippen LogP contribution in [-0.4, -0.2) is 31.0 Å². The van der Waals surface area contributed by atoms with Crippen LogP contribution in [0, 0.1) is 34.5 Å². The average molecular weight is 452 g/mol. The summed E-state index contributed by atoms with van der Waals surface area (Å²) in [7, 11) is 0. The number of hydrogen-bond acceptors (Lipinski definition) is 4. The smallest absolute Gasteiger partial charge is 0.243 e. The average Bonchev–Trinajstić information content (AvgIpc) is 3.16. The predicted octanol–water partition coefficient (Wildman–Crippen LogP) is 3.88. The van der Waals surface area contributed by atoms with Gasteiger partial charge >= 0.3 is 0 Å². The lowest BCUT2D eigenvalue weighted by molar-refractivity contribution is -0.129. The van der Waals surface area contributed by atoms with Crippen LogP contribution in [0.2, 0.25) is 0 Å². The maximum absolute atomic E-state index is 13.5. The molecule has 0 saturated heterocycles. The van der Waals surface area contributed by atoms with Crippen LogP contribution in [0.25, 0.3) is 0 Å². The molecule has 178 valence electrons. The normalized spacial score (nSPS) is 39.1. The topological polar surface area (TPSA) is 93.5 Å². The van der Waals surface area contributed by atoms with Crippen LogP contribution in [0.3, 0.4) is 0 Å². The highest BCUT2D eigenvalue weighted by molar-refractivity contribution is 5.93. The van der Waals surface area contributed by atoms with Crippen LogP contribution in [0.15, 0.2) is 36.4 Å². The Bertz CT molecular complexity index is 962. The van der Waals surface area contributed by atoms with Crippen LogP contribution in [-0.2, 0) is 9.59 Å². The van der Waals surface area contributed by atoms with E-state index in [2.05, 4.69) is 30.6 Å². The van der Waals surface area contributed by atoms with Crippen LogP contribution < -0.4 is 21.1 Å². The highest BCUT2D eigenvalue weighted by Crippen LogP contribution is 2.65. The Morgan fingerprint density at radius 2 is 2.03 bits per heavy atom. The lowest BCUT2D eigenvalue weighted by Gasteiger charge is -2.58. The van der Waals surface area contributed by atoms with Crippen molar-refractivity contribution in [3.05, 3.63) is 36.4 Å². The molecular weight excluding hydrogens is 414 g/mol. The lowest BCUT2D eigenvalue weighted by Crippen LogP contribution is -2.59. The molecule has 7 atom stereocenters. The molecule has 0 unspecified atom stereocenters. The molecule has 1 aromatic carbocycles. The summed E-state index contributed by atoms with van der Waals surface area (Å²) in [6.07, 6.45) is 10.4. The molecule has 0 bridgehead atoms. The fourth-order valence-corrected chi connectivity index (χ4v) is 7.83. The number of rotatable bonds is 5. The van der Waals surface area contributed by atoms with E-state index < -0.39 is 0 Å². The van der Waals surface area contributed by atoms with Crippen LogP contribution in [0.5, 0.6) is 5.75 Å². The molecule has 3 aliphatic carbocycles. The van der Waals surface area contributed by atoms with E-state index >= 15 is 0 Å². The number of carbonyl (C=O) groups is 2. The first-order valence-electron chi connectivity index (χ1n) is 12.6. The van der Waals surface area contributed by atoms with Crippen LogP contribution in [0.1, 0.15) is 52.4 Å². The fourth-order valence-electron chi connectivity index (χ4n) is 7.83. The zero-order chi connectivity index (χ0) is 23.2. The van der Waals surface area contributed by atoms with Gasteiger partial charge in [-0.3, -0.25) is 9.59 Å². The van der Waals surface area contributed by atoms with E-state index in [4.69, 9.17) is 10.5 Å². The Labute approximate surface area is 196 Å². The number of hydrogen-bond donors (Lipinski definition) is 3. The van der Waals surface area contributed by atoms with Gasteiger partial charge in [0.25, 0.3) is 0 Å². The van der Waals surface area contributed by atoms with E-state index in [-0.39, 0.29) is 34.6 Å². The second kappa shape index (κ2) is 8.46. The molecule has 6 nitrogen and oxygen atoms in total. The third kappa shape index (κ3) is 3.76. The molecule has 6 heteroatoms. The van der Waals surface area contributed by atoms with Gasteiger partial charge < -0.3 is 21.1 Å². The van der Waals surface area contributed by atoms with Crippen molar-refractivity contribution in [1.82, 2.24) is 5.32 Å². The number of benzene rings is 1. The molecular formula is C27H37N3O3. The zero-order valence-electron chi connectivity index (χ0n) is 19.8. The molecule has 1 heterocycles. The molecule has 0 spiro atoms. The second-order valence-corrected chi connectivity index (χ2v) is 11.0. The SMILES string of the molecule is C[C@]12C=CC(=O)N[C@@H]1CC[C@@H]1[C@@H]2CC[C@]2(C)[C@@H](C(=O)Nc3cccc(OCCN)c3)CC[C@@H]12. The molecule has 1 aromatic rings. The van der Waals surface area contributed by atoms with Gasteiger partial charge in [0.1, 0.15) is 12.4 Å². The molecule has 2 amide bonds. The van der Waals surface area contributed by atoms with Crippen molar-refractivity contribution in [3.63, 3.8) is 0 Å². The number of carbonyl (C=O) groups excluding carboxylic acids is 2. The molecule has 4 aliphatic rings. The third-order valence-electron chi connectivity index (χ3n) is 9.49. The van der Waals surface area contributed by atoms with Crippen molar-refractivity contribution in [2.24, 2.45) is 40.2 Å². The third-order valence-corrected chi connectivity index (χ3v) is 9.49. The first-order valence-corrected chi connectivity index (χ1v) is 12.6. The van der Waals surface area contributed by atoms with Gasteiger partial charge in [-0.25, -0.2) is 0 Å². The van der Waals surface area contributed by atoms with E-state index in [1.165, 1.54) is 0 Å². The summed E-state index contributed by atoms with van der Waals surface area (Å²) >= 11 is 0. The highest BCUT2D eigenvalue weighted by Gasteiger charge is 2.60. The van der Waals surface area contributed by atoms with Gasteiger partial charge in [0.05, 0.1) is 0 Å². The van der Waals surface area contributed by atoms with Gasteiger partial charge in [-0.2, -0.15) is 0 Å². The lowest BCUT2D eigenvalue weighted by atomic mass is 9.48. The molecule has 33 heavy (non-hydrogen) atoms. The number of anilines is 1. The quantitative estimate of drug-likeness (QED) is 0.633. The monoisotopic (exact) mass is 451 g/mol. The number of amides is 2. The minimum atomic E-state index is 0.0302. The van der Waals surface area contributed by atoms with E-state index in [1.807, 2.05) is 24.3 Å². The number of nitrogens with one attached hydrogen (secondary N) is 2. The van der Waals surface area contributed by atoms with Gasteiger partial charge in [0.2, 0.25) is 11.8 Å². The Hall–Kier alpha value is -2.34. The molecule has 3 saturated carbocycles. The summed E-state index contributed by atoms with van der Waals surface area (Å²) in [5, 5.41) is 6.41. The summed E-state index contributed by atoms with van der Waals surface area (Å²) < 4.78 is 5.62. The summed E-state index contributed by atoms with van der Waals surface area (Å²) in [6, 6.07) is 7.84. The van der Waals surface area contributed by atoms with Crippen molar-refractivity contribution in [2.45, 2.75) is 58.4 Å². The summed E-state index contributed by atoms with van der Waals surface area (Å²) in [6.45, 7) is 5.62. The van der Waals surface area contributed by atoms with E-state index in [9.17, 15) is 9.59 Å². The highest BCUT2D eigenvalue weighted by atomic mass is 16.5. The summed E-state index contributed by atoms with van der Waals surface area (Å²) in [4.78, 5) is 25.4.